The van der Waals surface area contributed by atoms with Gasteiger partial charge in [-0.2, -0.15) is 13.2 Å². The van der Waals surface area contributed by atoms with Crippen LogP contribution in [0.15, 0.2) is 41.8 Å². The Balaban J connectivity index is 2.07. The van der Waals surface area contributed by atoms with Crippen LogP contribution in [0.2, 0.25) is 0 Å². The van der Waals surface area contributed by atoms with Crippen molar-refractivity contribution in [2.24, 2.45) is 0 Å². The molecule has 0 spiro atoms. The maximum absolute atomic E-state index is 13.6. The fourth-order valence-electron chi connectivity index (χ4n) is 3.20. The first-order chi connectivity index (χ1) is 12.2. The average molecular weight is 386 g/mol. The predicted octanol–water partition coefficient (Wildman–Crippen LogP) is 3.50. The Hall–Kier alpha value is -2.00. The van der Waals surface area contributed by atoms with Crippen LogP contribution in [0.4, 0.5) is 13.2 Å². The molecular weight excluding hydrogens is 369 g/mol. The van der Waals surface area contributed by atoms with Gasteiger partial charge in [0, 0.05) is 25.1 Å². The van der Waals surface area contributed by atoms with E-state index in [1.165, 1.54) is 31.9 Å². The summed E-state index contributed by atoms with van der Waals surface area (Å²) in [5.41, 5.74) is -0.583. The molecule has 2 unspecified atom stereocenters. The fourth-order valence-corrected chi connectivity index (χ4v) is 5.22. The van der Waals surface area contributed by atoms with E-state index in [9.17, 15) is 21.6 Å². The highest BCUT2D eigenvalue weighted by atomic mass is 32.2. The van der Waals surface area contributed by atoms with Gasteiger partial charge in [0.25, 0.3) is 0 Å². The third kappa shape index (κ3) is 3.59. The van der Waals surface area contributed by atoms with Gasteiger partial charge in [-0.1, -0.05) is 6.07 Å². The molecule has 9 heteroatoms. The SMILES string of the molecule is COC1CCC(S(=O)(=O)c2ccc(-c3cncnc3)cc2C(F)(F)F)C1. The molecule has 1 aliphatic carbocycles. The van der Waals surface area contributed by atoms with Crippen molar-refractivity contribution in [2.75, 3.05) is 7.11 Å². The highest BCUT2D eigenvalue weighted by Gasteiger charge is 2.42. The zero-order valence-corrected chi connectivity index (χ0v) is 14.7. The molecule has 1 aromatic heterocycles. The second-order valence-corrected chi connectivity index (χ2v) is 8.37. The van der Waals surface area contributed by atoms with E-state index in [4.69, 9.17) is 4.74 Å². The van der Waals surface area contributed by atoms with Gasteiger partial charge < -0.3 is 4.74 Å². The van der Waals surface area contributed by atoms with E-state index in [0.29, 0.717) is 12.0 Å². The first-order valence-corrected chi connectivity index (χ1v) is 9.51. The highest BCUT2D eigenvalue weighted by molar-refractivity contribution is 7.92. The molecule has 1 saturated carbocycles. The van der Waals surface area contributed by atoms with E-state index in [1.807, 2.05) is 0 Å². The first kappa shape index (κ1) is 18.8. The minimum atomic E-state index is -4.80. The number of hydrogen-bond donors (Lipinski definition) is 0. The van der Waals surface area contributed by atoms with Crippen LogP contribution in [-0.4, -0.2) is 36.8 Å². The number of alkyl halides is 3. The van der Waals surface area contributed by atoms with Crippen molar-refractivity contribution in [3.8, 4) is 11.1 Å². The summed E-state index contributed by atoms with van der Waals surface area (Å²) in [4.78, 5) is 6.87. The zero-order valence-electron chi connectivity index (χ0n) is 13.9. The molecule has 1 aromatic carbocycles. The zero-order chi connectivity index (χ0) is 18.9. The summed E-state index contributed by atoms with van der Waals surface area (Å²) in [7, 11) is -2.66. The summed E-state index contributed by atoms with van der Waals surface area (Å²) in [6.45, 7) is 0. The number of methoxy groups -OCH3 is 1. The van der Waals surface area contributed by atoms with Gasteiger partial charge in [0.05, 0.1) is 21.8 Å². The molecule has 1 heterocycles. The maximum atomic E-state index is 13.6. The van der Waals surface area contributed by atoms with E-state index in [0.717, 1.165) is 12.1 Å². The molecule has 2 atom stereocenters. The molecule has 1 aliphatic rings. The Labute approximate surface area is 149 Å². The Kier molecular flexibility index (Phi) is 5.03. The summed E-state index contributed by atoms with van der Waals surface area (Å²) in [6.07, 6.45) is -0.0389. The Bertz CT molecular complexity index is 886. The Morgan fingerprint density at radius 2 is 1.81 bits per heavy atom. The normalized spacial score (nSPS) is 21.1. The summed E-state index contributed by atoms with van der Waals surface area (Å²) < 4.78 is 71.6. The van der Waals surface area contributed by atoms with Gasteiger partial charge in [-0.25, -0.2) is 18.4 Å². The lowest BCUT2D eigenvalue weighted by Gasteiger charge is -2.18. The molecule has 0 aliphatic heterocycles. The van der Waals surface area contributed by atoms with Crippen molar-refractivity contribution in [2.45, 2.75) is 41.7 Å². The molecule has 0 radical (unpaired) electrons. The van der Waals surface area contributed by atoms with Gasteiger partial charge in [-0.3, -0.25) is 0 Å². The van der Waals surface area contributed by atoms with Gasteiger partial charge in [-0.05, 0) is 37.0 Å². The van der Waals surface area contributed by atoms with Crippen LogP contribution >= 0.6 is 0 Å². The molecule has 140 valence electrons. The van der Waals surface area contributed by atoms with Crippen LogP contribution in [-0.2, 0) is 20.8 Å². The molecule has 0 N–H and O–H groups in total. The lowest BCUT2D eigenvalue weighted by atomic mass is 10.1. The van der Waals surface area contributed by atoms with E-state index in [1.54, 1.807) is 0 Å². The van der Waals surface area contributed by atoms with Crippen LogP contribution < -0.4 is 0 Å². The van der Waals surface area contributed by atoms with Crippen LogP contribution in [0.1, 0.15) is 24.8 Å². The molecule has 0 bridgehead atoms. The molecule has 0 saturated heterocycles. The van der Waals surface area contributed by atoms with Crippen LogP contribution in [0.25, 0.3) is 11.1 Å². The summed E-state index contributed by atoms with van der Waals surface area (Å²) in [5.74, 6) is 0. The van der Waals surface area contributed by atoms with Crippen molar-refractivity contribution in [3.63, 3.8) is 0 Å². The van der Waals surface area contributed by atoms with Gasteiger partial charge >= 0.3 is 6.18 Å². The number of benzene rings is 1. The molecule has 0 amide bonds. The Morgan fingerprint density at radius 1 is 1.12 bits per heavy atom. The average Bonchev–Trinajstić information content (AvgIpc) is 3.11. The van der Waals surface area contributed by atoms with Gasteiger partial charge in [0.15, 0.2) is 9.84 Å². The minimum Gasteiger partial charge on any atom is -0.381 e. The van der Waals surface area contributed by atoms with Crippen molar-refractivity contribution in [3.05, 3.63) is 42.5 Å². The second-order valence-electron chi connectivity index (χ2n) is 6.17. The number of sulfone groups is 1. The number of nitrogens with zero attached hydrogens (tertiary/aromatic N) is 2. The third-order valence-corrected chi connectivity index (χ3v) is 6.87. The fraction of sp³-hybridized carbons (Fsp3) is 0.412. The van der Waals surface area contributed by atoms with Crippen molar-refractivity contribution >= 4 is 9.84 Å². The molecule has 2 aromatic rings. The topological polar surface area (TPSA) is 69.2 Å². The van der Waals surface area contributed by atoms with Crippen molar-refractivity contribution in [1.29, 1.82) is 0 Å². The van der Waals surface area contributed by atoms with Gasteiger partial charge in [0.1, 0.15) is 6.33 Å². The van der Waals surface area contributed by atoms with Crippen LogP contribution in [0.5, 0.6) is 0 Å². The quantitative estimate of drug-likeness (QED) is 0.804. The number of ether oxygens (including phenoxy) is 1. The minimum absolute atomic E-state index is 0.199. The summed E-state index contributed by atoms with van der Waals surface area (Å²) in [5, 5.41) is -0.876. The standard InChI is InChI=1S/C17H17F3N2O3S/c1-25-13-3-4-14(7-13)26(23,24)16-5-2-11(6-15(16)17(18,19)20)12-8-21-10-22-9-12/h2,5-6,8-10,13-14H,3-4,7H2,1H3. The van der Waals surface area contributed by atoms with Gasteiger partial charge in [0.2, 0.25) is 0 Å². The lowest BCUT2D eigenvalue weighted by Crippen LogP contribution is -2.23. The predicted molar refractivity (Wildman–Crippen MR) is 88.1 cm³/mol. The third-order valence-electron chi connectivity index (χ3n) is 4.59. The first-order valence-electron chi connectivity index (χ1n) is 7.97. The van der Waals surface area contributed by atoms with E-state index < -0.39 is 31.7 Å². The number of halogens is 3. The lowest BCUT2D eigenvalue weighted by molar-refractivity contribution is -0.139. The summed E-state index contributed by atoms with van der Waals surface area (Å²) >= 11 is 0. The monoisotopic (exact) mass is 386 g/mol. The van der Waals surface area contributed by atoms with Crippen molar-refractivity contribution < 1.29 is 26.3 Å². The molecule has 1 fully saturated rings. The number of aromatic nitrogens is 2. The molecule has 3 rings (SSSR count). The maximum Gasteiger partial charge on any atom is 0.417 e. The second kappa shape index (κ2) is 6.96. The smallest absolute Gasteiger partial charge is 0.381 e. The van der Waals surface area contributed by atoms with E-state index in [2.05, 4.69) is 9.97 Å². The summed E-state index contributed by atoms with van der Waals surface area (Å²) in [6, 6.07) is 3.22. The van der Waals surface area contributed by atoms with E-state index in [-0.39, 0.29) is 24.5 Å². The largest absolute Gasteiger partial charge is 0.417 e. The van der Waals surface area contributed by atoms with E-state index >= 15 is 0 Å². The van der Waals surface area contributed by atoms with Crippen LogP contribution in [0, 0.1) is 0 Å². The van der Waals surface area contributed by atoms with Crippen molar-refractivity contribution in [1.82, 2.24) is 9.97 Å². The van der Waals surface area contributed by atoms with Gasteiger partial charge in [-0.15, -0.1) is 0 Å². The molecule has 5 nitrogen and oxygen atoms in total. The Morgan fingerprint density at radius 3 is 2.38 bits per heavy atom. The highest BCUT2D eigenvalue weighted by Crippen LogP contribution is 2.40. The molecular formula is C17H17F3N2O3S. The van der Waals surface area contributed by atoms with Crippen LogP contribution in [0.3, 0.4) is 0 Å². The number of rotatable bonds is 4. The number of hydrogen-bond acceptors (Lipinski definition) is 5. The molecule has 26 heavy (non-hydrogen) atoms.